The molecule has 2 rings (SSSR count). The summed E-state index contributed by atoms with van der Waals surface area (Å²) in [6.45, 7) is -0.0283. The number of ether oxygens (including phenoxy) is 1. The van der Waals surface area contributed by atoms with Gasteiger partial charge in [0.15, 0.2) is 0 Å². The minimum atomic E-state index is -0.414. The van der Waals surface area contributed by atoms with Gasteiger partial charge in [0.25, 0.3) is 0 Å². The molecule has 0 aliphatic heterocycles. The molecule has 0 saturated carbocycles. The van der Waals surface area contributed by atoms with Crippen molar-refractivity contribution in [1.82, 2.24) is 0 Å². The third-order valence-electron chi connectivity index (χ3n) is 2.64. The lowest BCUT2D eigenvalue weighted by molar-refractivity contribution is 0.258. The Morgan fingerprint density at radius 1 is 1.21 bits per heavy atom. The van der Waals surface area contributed by atoms with Crippen LogP contribution in [0.4, 0.5) is 4.39 Å². The van der Waals surface area contributed by atoms with E-state index in [-0.39, 0.29) is 13.2 Å². The van der Waals surface area contributed by atoms with E-state index < -0.39 is 5.82 Å². The van der Waals surface area contributed by atoms with Crippen LogP contribution in [0.2, 0.25) is 0 Å². The molecule has 0 bridgehead atoms. The normalized spacial score (nSPS) is 9.95. The molecule has 3 nitrogen and oxygen atoms in total. The topological polar surface area (TPSA) is 53.2 Å². The highest BCUT2D eigenvalue weighted by molar-refractivity contribution is 5.35. The van der Waals surface area contributed by atoms with E-state index in [0.29, 0.717) is 16.9 Å². The second kappa shape index (κ2) is 5.98. The lowest BCUT2D eigenvalue weighted by Crippen LogP contribution is -1.99. The van der Waals surface area contributed by atoms with Crippen LogP contribution in [0.3, 0.4) is 0 Å². The maximum Gasteiger partial charge on any atom is 0.125 e. The van der Waals surface area contributed by atoms with Crippen molar-refractivity contribution in [2.75, 3.05) is 0 Å². The van der Waals surface area contributed by atoms with Gasteiger partial charge in [-0.3, -0.25) is 0 Å². The van der Waals surface area contributed by atoms with Crippen LogP contribution in [0.5, 0.6) is 5.75 Å². The average Bonchev–Trinajstić information content (AvgIpc) is 2.46. The molecule has 1 N–H and O–H groups in total. The molecule has 2 aromatic carbocycles. The van der Waals surface area contributed by atoms with Gasteiger partial charge in [-0.05, 0) is 35.9 Å². The van der Waals surface area contributed by atoms with Crippen LogP contribution < -0.4 is 4.74 Å². The zero-order chi connectivity index (χ0) is 13.7. The van der Waals surface area contributed by atoms with Crippen molar-refractivity contribution in [2.24, 2.45) is 0 Å². The first kappa shape index (κ1) is 13.1. The Morgan fingerprint density at radius 2 is 2.05 bits per heavy atom. The van der Waals surface area contributed by atoms with Gasteiger partial charge < -0.3 is 9.84 Å². The Bertz CT molecular complexity index is 620. The van der Waals surface area contributed by atoms with Crippen LogP contribution in [-0.2, 0) is 13.2 Å². The molecule has 0 fully saturated rings. The van der Waals surface area contributed by atoms with Crippen LogP contribution in [0.1, 0.15) is 16.7 Å². The minimum absolute atomic E-state index is 0.258. The predicted octanol–water partition coefficient (Wildman–Crippen LogP) is 2.77. The van der Waals surface area contributed by atoms with Gasteiger partial charge in [0.2, 0.25) is 0 Å². The van der Waals surface area contributed by atoms with Gasteiger partial charge in [0.05, 0.1) is 18.2 Å². The molecule has 0 radical (unpaired) electrons. The van der Waals surface area contributed by atoms with E-state index in [9.17, 15) is 4.39 Å². The summed E-state index contributed by atoms with van der Waals surface area (Å²) in [4.78, 5) is 0. The molecule has 0 atom stereocenters. The van der Waals surface area contributed by atoms with Gasteiger partial charge in [-0.15, -0.1) is 0 Å². The Morgan fingerprint density at radius 3 is 2.79 bits per heavy atom. The lowest BCUT2D eigenvalue weighted by Gasteiger charge is -2.10. The van der Waals surface area contributed by atoms with E-state index in [2.05, 4.69) is 6.07 Å². The largest absolute Gasteiger partial charge is 0.489 e. The average molecular weight is 257 g/mol. The van der Waals surface area contributed by atoms with Gasteiger partial charge in [-0.2, -0.15) is 5.26 Å². The Hall–Kier alpha value is -2.38. The first-order valence-corrected chi connectivity index (χ1v) is 5.74. The fraction of sp³-hybridized carbons (Fsp3) is 0.133. The summed E-state index contributed by atoms with van der Waals surface area (Å²) in [5, 5.41) is 17.9. The molecular weight excluding hydrogens is 245 g/mol. The molecule has 4 heteroatoms. The number of hydrogen-bond acceptors (Lipinski definition) is 3. The molecule has 0 aromatic heterocycles. The number of aliphatic hydroxyl groups is 1. The smallest absolute Gasteiger partial charge is 0.125 e. The fourth-order valence-electron chi connectivity index (χ4n) is 1.70. The molecule has 2 aromatic rings. The van der Waals surface area contributed by atoms with E-state index in [1.807, 2.05) is 6.07 Å². The van der Waals surface area contributed by atoms with Crippen molar-refractivity contribution < 1.29 is 14.2 Å². The van der Waals surface area contributed by atoms with Crippen LogP contribution in [0, 0.1) is 17.1 Å². The van der Waals surface area contributed by atoms with Crippen LogP contribution >= 0.6 is 0 Å². The van der Waals surface area contributed by atoms with Gasteiger partial charge >= 0.3 is 0 Å². The van der Waals surface area contributed by atoms with Crippen molar-refractivity contribution in [1.29, 1.82) is 5.26 Å². The van der Waals surface area contributed by atoms with Crippen LogP contribution in [-0.4, -0.2) is 5.11 Å². The molecule has 0 spiro atoms. The number of hydrogen-bond donors (Lipinski definition) is 1. The lowest BCUT2D eigenvalue weighted by atomic mass is 10.1. The molecule has 96 valence electrons. The summed E-state index contributed by atoms with van der Waals surface area (Å²) in [7, 11) is 0. The highest BCUT2D eigenvalue weighted by atomic mass is 19.1. The van der Waals surface area contributed by atoms with Crippen molar-refractivity contribution in [3.05, 3.63) is 65.0 Å². The first-order chi connectivity index (χ1) is 9.22. The second-order valence-electron chi connectivity index (χ2n) is 4.01. The van der Waals surface area contributed by atoms with Crippen molar-refractivity contribution in [3.8, 4) is 11.8 Å². The summed E-state index contributed by atoms with van der Waals surface area (Å²) in [5.41, 5.74) is 1.80. The maximum atomic E-state index is 13.0. The number of benzene rings is 2. The molecule has 0 amide bonds. The van der Waals surface area contributed by atoms with E-state index in [1.54, 1.807) is 18.2 Å². The maximum absolute atomic E-state index is 13.0. The number of aliphatic hydroxyl groups excluding tert-OH is 1. The van der Waals surface area contributed by atoms with E-state index in [0.717, 1.165) is 5.56 Å². The van der Waals surface area contributed by atoms with Gasteiger partial charge in [-0.1, -0.05) is 12.1 Å². The SMILES string of the molecule is N#Cc1cccc(COc2ccc(F)cc2CO)c1. The van der Waals surface area contributed by atoms with Crippen molar-refractivity contribution in [2.45, 2.75) is 13.2 Å². The number of nitrogens with zero attached hydrogens (tertiary/aromatic N) is 1. The van der Waals surface area contributed by atoms with Crippen molar-refractivity contribution in [3.63, 3.8) is 0 Å². The van der Waals surface area contributed by atoms with Crippen LogP contribution in [0.25, 0.3) is 0 Å². The monoisotopic (exact) mass is 257 g/mol. The fourth-order valence-corrected chi connectivity index (χ4v) is 1.70. The van der Waals surface area contributed by atoms with Gasteiger partial charge in [0, 0.05) is 5.56 Å². The molecule has 0 saturated heterocycles. The van der Waals surface area contributed by atoms with Gasteiger partial charge in [0.1, 0.15) is 18.2 Å². The van der Waals surface area contributed by atoms with E-state index in [1.165, 1.54) is 18.2 Å². The standard InChI is InChI=1S/C15H12FNO2/c16-14-4-5-15(13(7-14)9-18)19-10-12-3-1-2-11(6-12)8-17/h1-7,18H,9-10H2. The molecule has 0 aliphatic rings. The van der Waals surface area contributed by atoms with Crippen LogP contribution in [0.15, 0.2) is 42.5 Å². The predicted molar refractivity (Wildman–Crippen MR) is 67.8 cm³/mol. The Kier molecular flexibility index (Phi) is 4.11. The Labute approximate surface area is 110 Å². The zero-order valence-electron chi connectivity index (χ0n) is 10.1. The quantitative estimate of drug-likeness (QED) is 0.916. The molecule has 0 unspecified atom stereocenters. The molecule has 19 heavy (non-hydrogen) atoms. The molecular formula is C15H12FNO2. The Balaban J connectivity index is 2.12. The van der Waals surface area contributed by atoms with Gasteiger partial charge in [-0.25, -0.2) is 4.39 Å². The zero-order valence-corrected chi connectivity index (χ0v) is 10.1. The first-order valence-electron chi connectivity index (χ1n) is 5.74. The van der Waals surface area contributed by atoms with E-state index >= 15 is 0 Å². The number of rotatable bonds is 4. The van der Waals surface area contributed by atoms with E-state index in [4.69, 9.17) is 15.1 Å². The number of nitriles is 1. The summed E-state index contributed by atoms with van der Waals surface area (Å²) >= 11 is 0. The second-order valence-corrected chi connectivity index (χ2v) is 4.01. The highest BCUT2D eigenvalue weighted by Crippen LogP contribution is 2.21. The summed E-state index contributed by atoms with van der Waals surface area (Å²) < 4.78 is 18.5. The minimum Gasteiger partial charge on any atom is -0.489 e. The molecule has 0 heterocycles. The van der Waals surface area contributed by atoms with Crippen molar-refractivity contribution >= 4 is 0 Å². The summed E-state index contributed by atoms with van der Waals surface area (Å²) in [6, 6.07) is 13.1. The summed E-state index contributed by atoms with van der Waals surface area (Å²) in [6.07, 6.45) is 0. The molecule has 0 aliphatic carbocycles. The third kappa shape index (κ3) is 3.30. The number of halogens is 1. The summed E-state index contributed by atoms with van der Waals surface area (Å²) in [5.74, 6) is 0.0224. The third-order valence-corrected chi connectivity index (χ3v) is 2.64. The highest BCUT2D eigenvalue weighted by Gasteiger charge is 2.05.